The summed E-state index contributed by atoms with van der Waals surface area (Å²) in [5.41, 5.74) is -1.81. The maximum Gasteiger partial charge on any atom is 0.424 e. The fourth-order valence-electron chi connectivity index (χ4n) is 1.79. The van der Waals surface area contributed by atoms with Crippen LogP contribution in [0.3, 0.4) is 0 Å². The van der Waals surface area contributed by atoms with E-state index in [1.54, 1.807) is 41.5 Å². The normalized spacial score (nSPS) is 12.9. The highest BCUT2D eigenvalue weighted by molar-refractivity contribution is 5.90. The number of aliphatic hydroxyl groups excluding tert-OH is 1. The molecule has 0 aliphatic carbocycles. The molecule has 0 saturated carbocycles. The molecule has 8 nitrogen and oxygen atoms in total. The molecule has 0 fully saturated rings. The summed E-state index contributed by atoms with van der Waals surface area (Å²) in [6.45, 7) is 13.1. The van der Waals surface area contributed by atoms with Crippen molar-refractivity contribution in [2.45, 2.75) is 65.6 Å². The number of carboxylic acids is 1. The van der Waals surface area contributed by atoms with Crippen molar-refractivity contribution >= 4 is 18.2 Å². The lowest BCUT2D eigenvalue weighted by atomic mass is 10.00. The lowest BCUT2D eigenvalue weighted by molar-refractivity contribution is -0.142. The number of aliphatic carboxylic acids is 1. The number of carbonyl (C=O) groups excluding carboxylic acids is 2. The van der Waals surface area contributed by atoms with Gasteiger partial charge in [-0.25, -0.2) is 9.59 Å². The van der Waals surface area contributed by atoms with Crippen LogP contribution < -0.4 is 0 Å². The van der Waals surface area contributed by atoms with Crippen LogP contribution in [0.5, 0.6) is 0 Å². The molecule has 0 rings (SSSR count). The van der Waals surface area contributed by atoms with Crippen LogP contribution in [0.2, 0.25) is 0 Å². The lowest BCUT2D eigenvalue weighted by Crippen LogP contribution is -2.43. The van der Waals surface area contributed by atoms with Gasteiger partial charge in [-0.05, 0) is 48.0 Å². The van der Waals surface area contributed by atoms with Crippen LogP contribution in [-0.2, 0) is 14.3 Å². The van der Waals surface area contributed by atoms with E-state index in [9.17, 15) is 19.5 Å². The molecule has 0 aliphatic rings. The van der Waals surface area contributed by atoms with Crippen LogP contribution in [0.4, 0.5) is 9.59 Å². The topological polar surface area (TPSA) is 113 Å². The van der Waals surface area contributed by atoms with Gasteiger partial charge in [-0.2, -0.15) is 4.90 Å². The number of hydrogen-bond acceptors (Lipinski definition) is 6. The quantitative estimate of drug-likeness (QED) is 0.749. The van der Waals surface area contributed by atoms with Crippen molar-refractivity contribution in [1.29, 1.82) is 0 Å². The Kier molecular flexibility index (Phi) is 8.11. The molecule has 25 heavy (non-hydrogen) atoms. The first-order valence-corrected chi connectivity index (χ1v) is 7.95. The Hall–Kier alpha value is -2.09. The summed E-state index contributed by atoms with van der Waals surface area (Å²) in [6, 6.07) is 0. The summed E-state index contributed by atoms with van der Waals surface area (Å²) < 4.78 is 10.4. The summed E-state index contributed by atoms with van der Waals surface area (Å²) in [6.07, 6.45) is -2.25. The van der Waals surface area contributed by atoms with E-state index in [1.165, 1.54) is 0 Å². The molecule has 0 saturated heterocycles. The summed E-state index contributed by atoms with van der Waals surface area (Å²) >= 11 is 0. The van der Waals surface area contributed by atoms with Gasteiger partial charge in [0, 0.05) is 18.7 Å². The Labute approximate surface area is 148 Å². The molecule has 0 aromatic rings. The third kappa shape index (κ3) is 9.09. The minimum absolute atomic E-state index is 0.0369. The number of nitrogens with zero attached hydrogens (tertiary/aromatic N) is 1. The summed E-state index contributed by atoms with van der Waals surface area (Å²) in [5.74, 6) is -2.16. The molecule has 8 heteroatoms. The van der Waals surface area contributed by atoms with Crippen LogP contribution in [0.15, 0.2) is 12.3 Å². The van der Waals surface area contributed by atoms with E-state index < -0.39 is 35.3 Å². The largest absolute Gasteiger partial charge is 0.481 e. The van der Waals surface area contributed by atoms with Crippen molar-refractivity contribution in [3.8, 4) is 0 Å². The maximum absolute atomic E-state index is 12.4. The van der Waals surface area contributed by atoms with Gasteiger partial charge >= 0.3 is 18.2 Å². The highest BCUT2D eigenvalue weighted by Gasteiger charge is 2.34. The first-order chi connectivity index (χ1) is 11.2. The fourth-order valence-corrected chi connectivity index (χ4v) is 1.79. The predicted molar refractivity (Wildman–Crippen MR) is 90.9 cm³/mol. The first kappa shape index (κ1) is 22.9. The second kappa shape index (κ2) is 8.84. The Morgan fingerprint density at radius 2 is 1.40 bits per heavy atom. The van der Waals surface area contributed by atoms with E-state index in [0.29, 0.717) is 4.90 Å². The molecule has 0 aromatic carbocycles. The van der Waals surface area contributed by atoms with E-state index in [2.05, 4.69) is 6.58 Å². The molecule has 144 valence electrons. The molecule has 0 radical (unpaired) electrons. The number of rotatable bonds is 6. The van der Waals surface area contributed by atoms with Crippen LogP contribution in [0.25, 0.3) is 0 Å². The van der Waals surface area contributed by atoms with E-state index >= 15 is 0 Å². The average molecular weight is 359 g/mol. The van der Waals surface area contributed by atoms with Crippen molar-refractivity contribution < 1.29 is 34.1 Å². The first-order valence-electron chi connectivity index (χ1n) is 7.95. The average Bonchev–Trinajstić information content (AvgIpc) is 2.33. The molecule has 2 N–H and O–H groups in total. The Bertz CT molecular complexity index is 486. The van der Waals surface area contributed by atoms with Crippen LogP contribution in [-0.4, -0.2) is 51.1 Å². The molecule has 0 aliphatic heterocycles. The van der Waals surface area contributed by atoms with Gasteiger partial charge < -0.3 is 19.7 Å². The summed E-state index contributed by atoms with van der Waals surface area (Å²) in [7, 11) is 0. The zero-order valence-corrected chi connectivity index (χ0v) is 15.8. The van der Waals surface area contributed by atoms with E-state index in [4.69, 9.17) is 14.6 Å². The monoisotopic (exact) mass is 359 g/mol. The van der Waals surface area contributed by atoms with Crippen LogP contribution in [0, 0.1) is 5.92 Å². The molecule has 0 heterocycles. The predicted octanol–water partition coefficient (Wildman–Crippen LogP) is 3.15. The second-order valence-corrected chi connectivity index (χ2v) is 7.61. The number of allylic oxidation sites excluding steroid dienone is 1. The number of amides is 2. The summed E-state index contributed by atoms with van der Waals surface area (Å²) in [5, 5.41) is 18.2. The van der Waals surface area contributed by atoms with Gasteiger partial charge in [0.05, 0.1) is 5.92 Å². The van der Waals surface area contributed by atoms with E-state index in [-0.39, 0.29) is 25.1 Å². The number of aliphatic hydroxyl groups is 1. The van der Waals surface area contributed by atoms with Gasteiger partial charge in [0.15, 0.2) is 0 Å². The fraction of sp³-hybridized carbons (Fsp3) is 0.706. The van der Waals surface area contributed by atoms with Gasteiger partial charge in [-0.1, -0.05) is 6.58 Å². The molecule has 1 atom stereocenters. The van der Waals surface area contributed by atoms with E-state index in [1.807, 2.05) is 0 Å². The van der Waals surface area contributed by atoms with Gasteiger partial charge in [-0.15, -0.1) is 0 Å². The summed E-state index contributed by atoms with van der Waals surface area (Å²) in [4.78, 5) is 36.6. The standard InChI is InChI=1S/C17H29NO7/c1-11(10-12(8-9-19)13(20)21)18(14(22)24-16(2,3)4)15(23)25-17(5,6)7/h12,19H,1,8-10H2,2-7H3,(H,20,21)/t12-/m1/s1. The molecule has 0 aromatic heterocycles. The Balaban J connectivity index is 5.48. The molecular formula is C17H29NO7. The zero-order valence-electron chi connectivity index (χ0n) is 15.8. The number of carboxylic acid groups (broad SMARTS) is 1. The Morgan fingerprint density at radius 3 is 1.68 bits per heavy atom. The van der Waals surface area contributed by atoms with Gasteiger partial charge in [0.25, 0.3) is 0 Å². The van der Waals surface area contributed by atoms with E-state index in [0.717, 1.165) is 0 Å². The number of ether oxygens (including phenoxy) is 2. The maximum atomic E-state index is 12.4. The smallest absolute Gasteiger partial charge is 0.424 e. The van der Waals surface area contributed by atoms with Crippen molar-refractivity contribution in [3.05, 3.63) is 12.3 Å². The molecule has 0 spiro atoms. The molecule has 0 bridgehead atoms. The minimum atomic E-state index is -1.16. The number of hydrogen-bond donors (Lipinski definition) is 2. The molecule has 2 amide bonds. The third-order valence-corrected chi connectivity index (χ3v) is 2.78. The highest BCUT2D eigenvalue weighted by atomic mass is 16.6. The Morgan fingerprint density at radius 1 is 1.00 bits per heavy atom. The zero-order chi connectivity index (χ0) is 20.0. The molecular weight excluding hydrogens is 330 g/mol. The molecule has 0 unspecified atom stereocenters. The van der Waals surface area contributed by atoms with Crippen LogP contribution in [0.1, 0.15) is 54.4 Å². The second-order valence-electron chi connectivity index (χ2n) is 7.61. The van der Waals surface area contributed by atoms with Gasteiger partial charge in [0.2, 0.25) is 0 Å². The van der Waals surface area contributed by atoms with Crippen molar-refractivity contribution in [1.82, 2.24) is 4.90 Å². The highest BCUT2D eigenvalue weighted by Crippen LogP contribution is 2.23. The third-order valence-electron chi connectivity index (χ3n) is 2.78. The van der Waals surface area contributed by atoms with Gasteiger partial charge in [-0.3, -0.25) is 4.79 Å². The van der Waals surface area contributed by atoms with Crippen molar-refractivity contribution in [3.63, 3.8) is 0 Å². The lowest BCUT2D eigenvalue weighted by Gasteiger charge is -2.30. The minimum Gasteiger partial charge on any atom is -0.481 e. The van der Waals surface area contributed by atoms with Crippen molar-refractivity contribution in [2.75, 3.05) is 6.61 Å². The SMILES string of the molecule is C=C(C[C@@H](CCO)C(=O)O)N(C(=O)OC(C)(C)C)C(=O)OC(C)(C)C. The van der Waals surface area contributed by atoms with Crippen molar-refractivity contribution in [2.24, 2.45) is 5.92 Å². The van der Waals surface area contributed by atoms with Crippen LogP contribution >= 0.6 is 0 Å². The van der Waals surface area contributed by atoms with Gasteiger partial charge in [0.1, 0.15) is 11.2 Å². The number of imide groups is 1. The number of carbonyl (C=O) groups is 3.